The third-order valence-corrected chi connectivity index (χ3v) is 7.52. The Hall–Kier alpha value is -3.73. The van der Waals surface area contributed by atoms with Crippen LogP contribution in [0.5, 0.6) is 5.75 Å². The maximum atomic E-state index is 15.7. The summed E-state index contributed by atoms with van der Waals surface area (Å²) in [5, 5.41) is 10.00. The van der Waals surface area contributed by atoms with Crippen LogP contribution in [0, 0.1) is 5.82 Å². The predicted octanol–water partition coefficient (Wildman–Crippen LogP) is 5.59. The summed E-state index contributed by atoms with van der Waals surface area (Å²) >= 11 is -1.40. The summed E-state index contributed by atoms with van der Waals surface area (Å²) in [5.41, 5.74) is 2.85. The van der Waals surface area contributed by atoms with Gasteiger partial charge in [0.2, 0.25) is 0 Å². The number of benzene rings is 2. The van der Waals surface area contributed by atoms with Crippen LogP contribution in [-0.4, -0.2) is 31.1 Å². The van der Waals surface area contributed by atoms with Crippen molar-refractivity contribution < 1.29 is 32.8 Å². The lowest BCUT2D eigenvalue weighted by molar-refractivity contribution is -0.136. The highest BCUT2D eigenvalue weighted by Gasteiger charge is 2.27. The Labute approximate surface area is 228 Å². The summed E-state index contributed by atoms with van der Waals surface area (Å²) in [6, 6.07) is 11.5. The minimum atomic E-state index is -1.40. The fraction of sp³-hybridized carbons (Fsp3) is 0.276. The summed E-state index contributed by atoms with van der Waals surface area (Å²) in [5.74, 6) is -1.48. The fourth-order valence-electron chi connectivity index (χ4n) is 3.97. The van der Waals surface area contributed by atoms with Crippen molar-refractivity contribution in [3.05, 3.63) is 83.1 Å². The zero-order valence-corrected chi connectivity index (χ0v) is 22.9. The average molecular weight is 553 g/mol. The fourth-order valence-corrected chi connectivity index (χ4v) is 4.67. The molecule has 0 aliphatic carbocycles. The number of fused-ring (bicyclic) bond motifs is 1. The summed E-state index contributed by atoms with van der Waals surface area (Å²) in [6.45, 7) is 6.89. The van der Waals surface area contributed by atoms with Crippen molar-refractivity contribution in [3.8, 4) is 16.9 Å². The zero-order valence-electron chi connectivity index (χ0n) is 22.0. The van der Waals surface area contributed by atoms with Crippen LogP contribution in [-0.2, 0) is 35.7 Å². The highest BCUT2D eigenvalue weighted by Crippen LogP contribution is 2.34. The topological polar surface area (TPSA) is 125 Å². The van der Waals surface area contributed by atoms with Crippen LogP contribution in [0.4, 0.5) is 4.39 Å². The number of pyridine rings is 1. The van der Waals surface area contributed by atoms with E-state index in [0.29, 0.717) is 27.8 Å². The van der Waals surface area contributed by atoms with Gasteiger partial charge in [0.05, 0.1) is 24.9 Å². The number of aromatic nitrogens is 1. The largest absolute Gasteiger partial charge is 0.598 e. The summed E-state index contributed by atoms with van der Waals surface area (Å²) in [7, 11) is 0. The number of hydrogen-bond donors (Lipinski definition) is 2. The molecule has 39 heavy (non-hydrogen) atoms. The molecule has 204 valence electrons. The van der Waals surface area contributed by atoms with Crippen molar-refractivity contribution in [3.63, 3.8) is 0 Å². The van der Waals surface area contributed by atoms with E-state index < -0.39 is 27.9 Å². The van der Waals surface area contributed by atoms with E-state index in [-0.39, 0.29) is 42.4 Å². The Morgan fingerprint density at radius 1 is 1.15 bits per heavy atom. The third-order valence-electron chi connectivity index (χ3n) is 6.00. The molecule has 4 rings (SSSR count). The number of carbonyl (C=O) groups is 2. The van der Waals surface area contributed by atoms with Crippen molar-refractivity contribution in [2.75, 3.05) is 0 Å². The Morgan fingerprint density at radius 2 is 1.92 bits per heavy atom. The molecule has 10 heteroatoms. The normalized spacial score (nSPS) is 12.5. The van der Waals surface area contributed by atoms with Crippen LogP contribution in [0.15, 0.2) is 59.3 Å². The quantitative estimate of drug-likeness (QED) is 0.193. The molecule has 0 radical (unpaired) electrons. The molecule has 0 saturated carbocycles. The van der Waals surface area contributed by atoms with E-state index in [1.807, 2.05) is 26.8 Å². The molecule has 2 heterocycles. The monoisotopic (exact) mass is 552 g/mol. The number of ether oxygens (including phenoxy) is 1. The first kappa shape index (κ1) is 28.3. The second-order valence-electron chi connectivity index (χ2n) is 10.0. The smallest absolute Gasteiger partial charge is 0.307 e. The lowest BCUT2D eigenvalue weighted by Gasteiger charge is -2.23. The van der Waals surface area contributed by atoms with Gasteiger partial charge in [-0.1, -0.05) is 12.1 Å². The molecule has 0 fully saturated rings. The number of carboxylic acid groups (broad SMARTS) is 1. The highest BCUT2D eigenvalue weighted by atomic mass is 32.2. The lowest BCUT2D eigenvalue weighted by Crippen LogP contribution is -2.39. The van der Waals surface area contributed by atoms with Crippen LogP contribution < -0.4 is 9.46 Å². The maximum absolute atomic E-state index is 15.7. The SMILES string of the molecule is CC(=O)c1ccc(CC(=O)O)c(OCc2cc(-c3ccnc(CN[S@@+]([O-])C(C)(C)C)c3F)c3occc3c2)c1. The number of aliphatic carboxylic acids is 1. The number of furan rings is 1. The van der Waals surface area contributed by atoms with Crippen molar-refractivity contribution >= 4 is 34.1 Å². The van der Waals surface area contributed by atoms with Gasteiger partial charge in [0.1, 0.15) is 22.7 Å². The molecular formula is C29H29FN2O6S. The molecule has 0 amide bonds. The molecular weight excluding hydrogens is 523 g/mol. The molecule has 0 bridgehead atoms. The standard InChI is InChI=1S/C29H29FN2O6S/c1-17(33)19-5-6-20(14-26(34)35)25(13-19)38-16-18-11-21-8-10-37-28(21)23(12-18)22-7-9-31-24(27(22)30)15-32-39(36)29(2,3)4/h5-13,32H,14-16H2,1-4H3,(H,34,35)/t39-/m0/s1. The minimum Gasteiger partial charge on any atom is -0.598 e. The predicted molar refractivity (Wildman–Crippen MR) is 146 cm³/mol. The maximum Gasteiger partial charge on any atom is 0.307 e. The first-order valence-electron chi connectivity index (χ1n) is 12.2. The van der Waals surface area contributed by atoms with E-state index in [9.17, 15) is 19.2 Å². The van der Waals surface area contributed by atoms with Crippen molar-refractivity contribution in [1.29, 1.82) is 0 Å². The molecule has 1 atom stereocenters. The molecule has 0 unspecified atom stereocenters. The van der Waals surface area contributed by atoms with Crippen LogP contribution in [0.1, 0.15) is 54.9 Å². The molecule has 8 nitrogen and oxygen atoms in total. The summed E-state index contributed by atoms with van der Waals surface area (Å²) < 4.78 is 42.0. The highest BCUT2D eigenvalue weighted by molar-refractivity contribution is 7.90. The van der Waals surface area contributed by atoms with E-state index in [4.69, 9.17) is 9.15 Å². The first-order valence-corrected chi connectivity index (χ1v) is 13.4. The van der Waals surface area contributed by atoms with E-state index >= 15 is 4.39 Å². The van der Waals surface area contributed by atoms with Crippen molar-refractivity contribution in [1.82, 2.24) is 9.71 Å². The van der Waals surface area contributed by atoms with Crippen molar-refractivity contribution in [2.45, 2.75) is 52.0 Å². The second kappa shape index (κ2) is 11.6. The Kier molecular flexibility index (Phi) is 8.39. The van der Waals surface area contributed by atoms with Crippen LogP contribution in [0.3, 0.4) is 0 Å². The molecule has 0 aliphatic rings. The van der Waals surface area contributed by atoms with Gasteiger partial charge >= 0.3 is 5.97 Å². The number of carbonyl (C=O) groups excluding carboxylic acids is 1. The molecule has 0 aliphatic heterocycles. The van der Waals surface area contributed by atoms with Crippen LogP contribution >= 0.6 is 0 Å². The van der Waals surface area contributed by atoms with Gasteiger partial charge in [-0.3, -0.25) is 14.6 Å². The van der Waals surface area contributed by atoms with E-state index in [0.717, 1.165) is 5.39 Å². The van der Waals surface area contributed by atoms with Gasteiger partial charge in [-0.25, -0.2) is 4.39 Å². The Morgan fingerprint density at radius 3 is 2.62 bits per heavy atom. The van der Waals surface area contributed by atoms with E-state index in [1.54, 1.807) is 30.3 Å². The van der Waals surface area contributed by atoms with Gasteiger partial charge in [0.25, 0.3) is 0 Å². The average Bonchev–Trinajstić information content (AvgIpc) is 3.34. The molecule has 2 aromatic carbocycles. The van der Waals surface area contributed by atoms with Gasteiger partial charge in [-0.2, -0.15) is 0 Å². The van der Waals surface area contributed by atoms with Crippen LogP contribution in [0.2, 0.25) is 0 Å². The van der Waals surface area contributed by atoms with E-state index in [1.165, 1.54) is 25.5 Å². The third kappa shape index (κ3) is 6.65. The number of hydrogen-bond acceptors (Lipinski definition) is 7. The summed E-state index contributed by atoms with van der Waals surface area (Å²) in [6.07, 6.45) is 2.73. The number of nitrogens with one attached hydrogen (secondary N) is 1. The van der Waals surface area contributed by atoms with Gasteiger partial charge in [0.15, 0.2) is 11.6 Å². The van der Waals surface area contributed by atoms with Crippen molar-refractivity contribution in [2.24, 2.45) is 0 Å². The zero-order chi connectivity index (χ0) is 28.3. The number of ketones is 1. The van der Waals surface area contributed by atoms with E-state index in [2.05, 4.69) is 9.71 Å². The second-order valence-corrected chi connectivity index (χ2v) is 12.1. The number of nitrogens with zero attached hydrogens (tertiary/aromatic N) is 1. The van der Waals surface area contributed by atoms with Gasteiger partial charge in [0, 0.05) is 45.2 Å². The van der Waals surface area contributed by atoms with Gasteiger partial charge < -0.3 is 18.8 Å². The molecule has 2 N–H and O–H groups in total. The summed E-state index contributed by atoms with van der Waals surface area (Å²) in [4.78, 5) is 27.3. The number of Topliss-reactive ketones (excluding diaryl/α,β-unsaturated/α-hetero) is 1. The molecule has 0 saturated heterocycles. The minimum absolute atomic E-state index is 0.0213. The Balaban J connectivity index is 1.66. The lowest BCUT2D eigenvalue weighted by atomic mass is 10.00. The molecule has 0 spiro atoms. The Bertz CT molecular complexity index is 1530. The number of rotatable bonds is 10. The number of halogens is 1. The molecule has 2 aromatic heterocycles. The number of carboxylic acids is 1. The van der Waals surface area contributed by atoms with Gasteiger partial charge in [-0.15, -0.1) is 4.72 Å². The molecule has 4 aromatic rings. The van der Waals surface area contributed by atoms with Gasteiger partial charge in [-0.05, 0) is 63.6 Å². The van der Waals surface area contributed by atoms with Crippen LogP contribution in [0.25, 0.3) is 22.1 Å². The first-order chi connectivity index (χ1) is 18.4.